The first-order valence-corrected chi connectivity index (χ1v) is 10.7. The number of amides is 1. The number of carbonyl (C=O) groups excluding carboxylic acids is 1. The van der Waals surface area contributed by atoms with Gasteiger partial charge >= 0.3 is 5.97 Å². The molecule has 0 aliphatic carbocycles. The predicted octanol–water partition coefficient (Wildman–Crippen LogP) is 3.90. The van der Waals surface area contributed by atoms with Crippen molar-refractivity contribution in [1.29, 1.82) is 0 Å². The number of nitrogens with two attached hydrogens (primary N) is 1. The van der Waals surface area contributed by atoms with Crippen LogP contribution in [0.15, 0.2) is 72.0 Å². The molecule has 1 aliphatic heterocycles. The summed E-state index contributed by atoms with van der Waals surface area (Å²) in [5.74, 6) is -0.723. The third kappa shape index (κ3) is 6.96. The van der Waals surface area contributed by atoms with E-state index >= 15 is 0 Å². The molecule has 2 aromatic carbocycles. The SMILES string of the molecule is C=C(N=C/C=C(\N)c1ccc(NC(C)=O)cc1)Nc1ccc(N2CCCC(C(=O)O)C2)cc1. The van der Waals surface area contributed by atoms with Crippen molar-refractivity contribution in [2.24, 2.45) is 16.6 Å². The molecule has 172 valence electrons. The molecule has 2 aromatic rings. The van der Waals surface area contributed by atoms with Gasteiger partial charge in [-0.05, 0) is 60.9 Å². The molecule has 3 rings (SSSR count). The molecule has 5 N–H and O–H groups in total. The molecule has 0 aromatic heterocycles. The highest BCUT2D eigenvalue weighted by Crippen LogP contribution is 2.25. The summed E-state index contributed by atoms with van der Waals surface area (Å²) in [6, 6.07) is 15.0. The van der Waals surface area contributed by atoms with Crippen molar-refractivity contribution in [1.82, 2.24) is 0 Å². The van der Waals surface area contributed by atoms with Gasteiger partial charge in [-0.3, -0.25) is 9.59 Å². The van der Waals surface area contributed by atoms with E-state index in [-0.39, 0.29) is 11.8 Å². The molecule has 8 nitrogen and oxygen atoms in total. The summed E-state index contributed by atoms with van der Waals surface area (Å²) >= 11 is 0. The number of piperidine rings is 1. The van der Waals surface area contributed by atoms with Gasteiger partial charge in [0.2, 0.25) is 5.91 Å². The van der Waals surface area contributed by atoms with Gasteiger partial charge in [0.25, 0.3) is 0 Å². The number of hydrogen-bond acceptors (Lipinski definition) is 6. The second-order valence-electron chi connectivity index (χ2n) is 7.90. The van der Waals surface area contributed by atoms with E-state index in [1.807, 2.05) is 36.4 Å². The van der Waals surface area contributed by atoms with Gasteiger partial charge < -0.3 is 26.4 Å². The number of nitrogens with zero attached hydrogens (tertiary/aromatic N) is 2. The molecule has 0 radical (unpaired) electrons. The van der Waals surface area contributed by atoms with Crippen LogP contribution in [0.25, 0.3) is 5.70 Å². The van der Waals surface area contributed by atoms with E-state index < -0.39 is 5.97 Å². The highest BCUT2D eigenvalue weighted by molar-refractivity contribution is 5.89. The van der Waals surface area contributed by atoms with Crippen LogP contribution in [0.4, 0.5) is 17.1 Å². The van der Waals surface area contributed by atoms with E-state index in [1.165, 1.54) is 6.92 Å². The highest BCUT2D eigenvalue weighted by Gasteiger charge is 2.25. The maximum atomic E-state index is 11.3. The number of rotatable bonds is 8. The van der Waals surface area contributed by atoms with Crippen LogP contribution in [0.5, 0.6) is 0 Å². The molecule has 1 heterocycles. The Morgan fingerprint density at radius 2 is 1.76 bits per heavy atom. The lowest BCUT2D eigenvalue weighted by molar-refractivity contribution is -0.142. The summed E-state index contributed by atoms with van der Waals surface area (Å²) in [6.07, 6.45) is 4.85. The molecular formula is C25H29N5O3. The molecule has 1 amide bonds. The van der Waals surface area contributed by atoms with Gasteiger partial charge in [-0.15, -0.1) is 0 Å². The van der Waals surface area contributed by atoms with E-state index in [1.54, 1.807) is 24.4 Å². The Kier molecular flexibility index (Phi) is 7.86. The quantitative estimate of drug-likeness (QED) is 0.456. The standard InChI is InChI=1S/C25H29N5O3/c1-17(27-14-13-24(26)19-5-7-22(8-6-19)29-18(2)31)28-21-9-11-23(12-10-21)30-15-3-4-20(16-30)25(32)33/h5-14,20,28H,1,3-4,15-16,26H2,2H3,(H,29,31)(H,32,33)/b24-13-,27-14?. The molecule has 33 heavy (non-hydrogen) atoms. The number of hydrogen-bond donors (Lipinski definition) is 4. The molecule has 1 aliphatic rings. The van der Waals surface area contributed by atoms with Gasteiger partial charge in [-0.2, -0.15) is 0 Å². The van der Waals surface area contributed by atoms with Crippen LogP contribution in [0.1, 0.15) is 25.3 Å². The Labute approximate surface area is 193 Å². The second kappa shape index (κ2) is 11.0. The summed E-state index contributed by atoms with van der Waals surface area (Å²) in [4.78, 5) is 28.7. The second-order valence-corrected chi connectivity index (χ2v) is 7.90. The summed E-state index contributed by atoms with van der Waals surface area (Å²) in [6.45, 7) is 6.75. The summed E-state index contributed by atoms with van der Waals surface area (Å²) in [7, 11) is 0. The van der Waals surface area contributed by atoms with Gasteiger partial charge in [-0.25, -0.2) is 4.99 Å². The summed E-state index contributed by atoms with van der Waals surface area (Å²) < 4.78 is 0. The Bertz CT molecular complexity index is 1060. The molecule has 1 fully saturated rings. The minimum absolute atomic E-state index is 0.127. The van der Waals surface area contributed by atoms with Crippen LogP contribution in [-0.2, 0) is 9.59 Å². The number of anilines is 3. The number of nitrogens with one attached hydrogen (secondary N) is 2. The minimum atomic E-state index is -0.733. The van der Waals surface area contributed by atoms with E-state index in [0.717, 1.165) is 36.3 Å². The lowest BCUT2D eigenvalue weighted by atomic mass is 9.98. The molecule has 1 atom stereocenters. The number of aliphatic carboxylic acids is 1. The lowest BCUT2D eigenvalue weighted by Crippen LogP contribution is -2.38. The van der Waals surface area contributed by atoms with Crippen molar-refractivity contribution in [3.05, 3.63) is 72.6 Å². The fourth-order valence-corrected chi connectivity index (χ4v) is 3.62. The fraction of sp³-hybridized carbons (Fsp3) is 0.240. The van der Waals surface area contributed by atoms with Crippen LogP contribution in [0.2, 0.25) is 0 Å². The van der Waals surface area contributed by atoms with Crippen LogP contribution in [0, 0.1) is 5.92 Å². The smallest absolute Gasteiger partial charge is 0.308 e. The normalized spacial score (nSPS) is 16.5. The Hall–Kier alpha value is -4.07. The van der Waals surface area contributed by atoms with Crippen LogP contribution in [0.3, 0.4) is 0 Å². The largest absolute Gasteiger partial charge is 0.481 e. The van der Waals surface area contributed by atoms with Crippen molar-refractivity contribution >= 4 is 40.9 Å². The number of carbonyl (C=O) groups is 2. The summed E-state index contributed by atoms with van der Waals surface area (Å²) in [5.41, 5.74) is 9.98. The zero-order chi connectivity index (χ0) is 23.8. The van der Waals surface area contributed by atoms with Gasteiger partial charge in [0.1, 0.15) is 5.82 Å². The Morgan fingerprint density at radius 1 is 1.12 bits per heavy atom. The van der Waals surface area contributed by atoms with E-state index in [9.17, 15) is 14.7 Å². The molecule has 0 spiro atoms. The molecule has 1 saturated heterocycles. The first-order chi connectivity index (χ1) is 15.8. The van der Waals surface area contributed by atoms with Crippen LogP contribution >= 0.6 is 0 Å². The number of carboxylic acid groups (broad SMARTS) is 1. The van der Waals surface area contributed by atoms with Gasteiger partial charge in [0.05, 0.1) is 5.92 Å². The zero-order valence-corrected chi connectivity index (χ0v) is 18.6. The zero-order valence-electron chi connectivity index (χ0n) is 18.6. The Morgan fingerprint density at radius 3 is 2.39 bits per heavy atom. The number of benzene rings is 2. The third-order valence-corrected chi connectivity index (χ3v) is 5.31. The minimum Gasteiger partial charge on any atom is -0.481 e. The Balaban J connectivity index is 1.53. The molecule has 8 heteroatoms. The number of carboxylic acids is 1. The van der Waals surface area contributed by atoms with Crippen molar-refractivity contribution in [2.45, 2.75) is 19.8 Å². The molecular weight excluding hydrogens is 418 g/mol. The predicted molar refractivity (Wildman–Crippen MR) is 133 cm³/mol. The number of aliphatic imine (C=N–C) groups is 1. The van der Waals surface area contributed by atoms with Crippen molar-refractivity contribution in [3.8, 4) is 0 Å². The molecule has 0 saturated carbocycles. The lowest BCUT2D eigenvalue weighted by Gasteiger charge is -2.32. The topological polar surface area (TPSA) is 120 Å². The summed E-state index contributed by atoms with van der Waals surface area (Å²) in [5, 5.41) is 15.1. The maximum absolute atomic E-state index is 11.3. The van der Waals surface area contributed by atoms with E-state index in [2.05, 4.69) is 27.1 Å². The fourth-order valence-electron chi connectivity index (χ4n) is 3.62. The van der Waals surface area contributed by atoms with Crippen molar-refractivity contribution in [3.63, 3.8) is 0 Å². The van der Waals surface area contributed by atoms with Crippen molar-refractivity contribution < 1.29 is 14.7 Å². The van der Waals surface area contributed by atoms with Gasteiger partial charge in [0.15, 0.2) is 0 Å². The monoisotopic (exact) mass is 447 g/mol. The maximum Gasteiger partial charge on any atom is 0.308 e. The van der Waals surface area contributed by atoms with Gasteiger partial charge in [-0.1, -0.05) is 18.7 Å². The highest BCUT2D eigenvalue weighted by atomic mass is 16.4. The average Bonchev–Trinajstić information content (AvgIpc) is 2.79. The first-order valence-electron chi connectivity index (χ1n) is 10.7. The first kappa shape index (κ1) is 23.6. The average molecular weight is 448 g/mol. The third-order valence-electron chi connectivity index (χ3n) is 5.31. The van der Waals surface area contributed by atoms with Crippen molar-refractivity contribution in [2.75, 3.05) is 28.6 Å². The number of allylic oxidation sites excluding steroid dienone is 1. The van der Waals surface area contributed by atoms with E-state index in [0.29, 0.717) is 23.8 Å². The van der Waals surface area contributed by atoms with Gasteiger partial charge in [0, 0.05) is 49.0 Å². The van der Waals surface area contributed by atoms with Crippen LogP contribution < -0.4 is 21.3 Å². The molecule has 0 bridgehead atoms. The van der Waals surface area contributed by atoms with E-state index in [4.69, 9.17) is 5.73 Å². The molecule has 1 unspecified atom stereocenters. The van der Waals surface area contributed by atoms with Crippen LogP contribution in [-0.4, -0.2) is 36.3 Å².